The smallest absolute Gasteiger partial charge is 0.305 e. The van der Waals surface area contributed by atoms with Gasteiger partial charge in [-0.1, -0.05) is 12.1 Å². The highest BCUT2D eigenvalue weighted by Gasteiger charge is 2.19. The molecule has 0 bridgehead atoms. The van der Waals surface area contributed by atoms with Crippen molar-refractivity contribution in [3.8, 4) is 0 Å². The van der Waals surface area contributed by atoms with Crippen LogP contribution >= 0.6 is 0 Å². The Morgan fingerprint density at radius 1 is 1.29 bits per heavy atom. The number of para-hydroxylation sites is 1. The summed E-state index contributed by atoms with van der Waals surface area (Å²) in [7, 11) is 0. The van der Waals surface area contributed by atoms with E-state index in [0.717, 1.165) is 0 Å². The molecule has 0 aliphatic carbocycles. The summed E-state index contributed by atoms with van der Waals surface area (Å²) in [6.07, 6.45) is 1.24. The van der Waals surface area contributed by atoms with Crippen molar-refractivity contribution in [1.29, 1.82) is 0 Å². The van der Waals surface area contributed by atoms with E-state index in [2.05, 4.69) is 4.98 Å². The molecule has 0 aliphatic rings. The van der Waals surface area contributed by atoms with E-state index in [1.54, 1.807) is 31.2 Å². The number of carboxylic acid groups (broad SMARTS) is 1. The lowest BCUT2D eigenvalue weighted by Gasteiger charge is -2.19. The maximum atomic E-state index is 12.4. The number of H-pyrrole nitrogens is 1. The Morgan fingerprint density at radius 2 is 2.00 bits per heavy atom. The normalized spacial score (nSPS) is 10.5. The van der Waals surface area contributed by atoms with Crippen molar-refractivity contribution < 1.29 is 14.7 Å². The number of aliphatic carboxylic acids is 1. The van der Waals surface area contributed by atoms with Gasteiger partial charge in [-0.3, -0.25) is 14.4 Å². The van der Waals surface area contributed by atoms with Crippen LogP contribution in [0.3, 0.4) is 0 Å². The summed E-state index contributed by atoms with van der Waals surface area (Å²) in [5.74, 6) is -1.43. The number of carbonyl (C=O) groups is 2. The fourth-order valence-electron chi connectivity index (χ4n) is 2.13. The summed E-state index contributed by atoms with van der Waals surface area (Å²) in [6, 6.07) is 6.93. The third-order valence-corrected chi connectivity index (χ3v) is 3.28. The summed E-state index contributed by atoms with van der Waals surface area (Å²) >= 11 is 0. The number of benzene rings is 1. The van der Waals surface area contributed by atoms with Gasteiger partial charge < -0.3 is 15.0 Å². The summed E-state index contributed by atoms with van der Waals surface area (Å²) in [4.78, 5) is 39.6. The molecule has 2 N–H and O–H groups in total. The zero-order valence-electron chi connectivity index (χ0n) is 11.6. The minimum absolute atomic E-state index is 0.0286. The number of fused-ring (bicyclic) bond motifs is 1. The van der Waals surface area contributed by atoms with Crippen LogP contribution in [0, 0.1) is 0 Å². The third-order valence-electron chi connectivity index (χ3n) is 3.28. The predicted octanol–water partition coefficient (Wildman–Crippen LogP) is 1.46. The number of hydrogen-bond acceptors (Lipinski definition) is 3. The van der Waals surface area contributed by atoms with E-state index in [4.69, 9.17) is 5.11 Å². The maximum absolute atomic E-state index is 12.4. The highest BCUT2D eigenvalue weighted by atomic mass is 16.4. The SMILES string of the molecule is CCN(CCC(=O)O)C(=O)c1c[nH]c2ccccc2c1=O. The van der Waals surface area contributed by atoms with Crippen LogP contribution in [0.4, 0.5) is 0 Å². The highest BCUT2D eigenvalue weighted by Crippen LogP contribution is 2.09. The summed E-state index contributed by atoms with van der Waals surface area (Å²) in [6.45, 7) is 2.17. The molecule has 0 saturated carbocycles. The molecule has 1 amide bonds. The Balaban J connectivity index is 2.36. The van der Waals surface area contributed by atoms with Crippen molar-refractivity contribution in [3.05, 3.63) is 46.2 Å². The number of amides is 1. The van der Waals surface area contributed by atoms with Crippen LogP contribution in [0.5, 0.6) is 0 Å². The summed E-state index contributed by atoms with van der Waals surface area (Å²) < 4.78 is 0. The van der Waals surface area contributed by atoms with Crippen LogP contribution in [0.2, 0.25) is 0 Å². The second-order valence-corrected chi connectivity index (χ2v) is 4.61. The van der Waals surface area contributed by atoms with Crippen LogP contribution in [0.15, 0.2) is 35.3 Å². The summed E-state index contributed by atoms with van der Waals surface area (Å²) in [5.41, 5.74) is 0.344. The second-order valence-electron chi connectivity index (χ2n) is 4.61. The average Bonchev–Trinajstić information content (AvgIpc) is 2.48. The molecule has 0 unspecified atom stereocenters. The van der Waals surface area contributed by atoms with Gasteiger partial charge in [-0.15, -0.1) is 0 Å². The van der Waals surface area contributed by atoms with Gasteiger partial charge in [-0.05, 0) is 19.1 Å². The van der Waals surface area contributed by atoms with Gasteiger partial charge in [0.25, 0.3) is 5.91 Å². The molecule has 0 saturated heterocycles. The average molecular weight is 288 g/mol. The fourth-order valence-corrected chi connectivity index (χ4v) is 2.13. The first-order valence-corrected chi connectivity index (χ1v) is 6.66. The molecule has 110 valence electrons. The van der Waals surface area contributed by atoms with E-state index in [-0.39, 0.29) is 24.0 Å². The number of aromatic nitrogens is 1. The second kappa shape index (κ2) is 6.21. The van der Waals surface area contributed by atoms with Gasteiger partial charge in [0.2, 0.25) is 5.43 Å². The highest BCUT2D eigenvalue weighted by molar-refractivity contribution is 5.97. The van der Waals surface area contributed by atoms with Crippen molar-refractivity contribution in [2.24, 2.45) is 0 Å². The van der Waals surface area contributed by atoms with Gasteiger partial charge >= 0.3 is 5.97 Å². The molecular formula is C15H16N2O4. The molecule has 21 heavy (non-hydrogen) atoms. The molecule has 6 nitrogen and oxygen atoms in total. The van der Waals surface area contributed by atoms with Gasteiger partial charge in [0.1, 0.15) is 5.56 Å². The van der Waals surface area contributed by atoms with Crippen molar-refractivity contribution >= 4 is 22.8 Å². The molecular weight excluding hydrogens is 272 g/mol. The predicted molar refractivity (Wildman–Crippen MR) is 78.4 cm³/mol. The number of rotatable bonds is 5. The van der Waals surface area contributed by atoms with Crippen LogP contribution in [-0.4, -0.2) is 40.0 Å². The van der Waals surface area contributed by atoms with E-state index in [9.17, 15) is 14.4 Å². The lowest BCUT2D eigenvalue weighted by molar-refractivity contribution is -0.137. The molecule has 1 aromatic carbocycles. The Labute approximate surface area is 121 Å². The topological polar surface area (TPSA) is 90.5 Å². The first-order valence-electron chi connectivity index (χ1n) is 6.66. The first kappa shape index (κ1) is 14.8. The quantitative estimate of drug-likeness (QED) is 0.871. The lowest BCUT2D eigenvalue weighted by atomic mass is 10.1. The number of carbonyl (C=O) groups excluding carboxylic acids is 1. The maximum Gasteiger partial charge on any atom is 0.305 e. The van der Waals surface area contributed by atoms with E-state index in [1.807, 2.05) is 0 Å². The molecule has 1 heterocycles. The van der Waals surface area contributed by atoms with E-state index in [0.29, 0.717) is 17.4 Å². The number of aromatic amines is 1. The van der Waals surface area contributed by atoms with Crippen LogP contribution < -0.4 is 5.43 Å². The molecule has 0 fully saturated rings. The molecule has 0 spiro atoms. The molecule has 0 aliphatic heterocycles. The number of hydrogen-bond donors (Lipinski definition) is 2. The minimum Gasteiger partial charge on any atom is -0.481 e. The van der Waals surface area contributed by atoms with Gasteiger partial charge in [-0.2, -0.15) is 0 Å². The van der Waals surface area contributed by atoms with Crippen LogP contribution in [0.1, 0.15) is 23.7 Å². The van der Waals surface area contributed by atoms with Gasteiger partial charge in [-0.25, -0.2) is 0 Å². The van der Waals surface area contributed by atoms with Gasteiger partial charge in [0.15, 0.2) is 0 Å². The van der Waals surface area contributed by atoms with E-state index in [1.165, 1.54) is 11.1 Å². The number of nitrogens with one attached hydrogen (secondary N) is 1. The molecule has 0 atom stereocenters. The number of carboxylic acids is 1. The lowest BCUT2D eigenvalue weighted by Crippen LogP contribution is -2.35. The molecule has 1 aromatic heterocycles. The van der Waals surface area contributed by atoms with Gasteiger partial charge in [0, 0.05) is 30.2 Å². The fraction of sp³-hybridized carbons (Fsp3) is 0.267. The Bertz CT molecular complexity index is 736. The molecule has 6 heteroatoms. The van der Waals surface area contributed by atoms with Gasteiger partial charge in [0.05, 0.1) is 6.42 Å². The van der Waals surface area contributed by atoms with Crippen molar-refractivity contribution in [2.45, 2.75) is 13.3 Å². The Morgan fingerprint density at radius 3 is 2.67 bits per heavy atom. The van der Waals surface area contributed by atoms with E-state index < -0.39 is 11.9 Å². The molecule has 0 radical (unpaired) electrons. The van der Waals surface area contributed by atoms with Crippen LogP contribution in [0.25, 0.3) is 10.9 Å². The first-order chi connectivity index (χ1) is 10.0. The number of pyridine rings is 1. The zero-order valence-corrected chi connectivity index (χ0v) is 11.6. The largest absolute Gasteiger partial charge is 0.481 e. The third kappa shape index (κ3) is 3.10. The Kier molecular flexibility index (Phi) is 4.37. The molecule has 2 rings (SSSR count). The van der Waals surface area contributed by atoms with E-state index >= 15 is 0 Å². The summed E-state index contributed by atoms with van der Waals surface area (Å²) in [5, 5.41) is 9.14. The standard InChI is InChI=1S/C15H16N2O4/c1-2-17(8-7-13(18)19)15(21)11-9-16-12-6-4-3-5-10(12)14(11)20/h3-6,9H,2,7-8H2,1H3,(H,16,20)(H,18,19). The zero-order chi connectivity index (χ0) is 15.4. The van der Waals surface area contributed by atoms with Crippen molar-refractivity contribution in [1.82, 2.24) is 9.88 Å². The minimum atomic E-state index is -0.978. The van der Waals surface area contributed by atoms with Crippen molar-refractivity contribution in [3.63, 3.8) is 0 Å². The Hall–Kier alpha value is -2.63. The van der Waals surface area contributed by atoms with Crippen LogP contribution in [-0.2, 0) is 4.79 Å². The molecule has 2 aromatic rings. The number of nitrogens with zero attached hydrogens (tertiary/aromatic N) is 1. The monoisotopic (exact) mass is 288 g/mol. The van der Waals surface area contributed by atoms with Crippen molar-refractivity contribution in [2.75, 3.05) is 13.1 Å².